The first-order chi connectivity index (χ1) is 8.97. The standard InChI is InChI=1S/C12H14Cl2N2O3/c13-8-2-1-7(9(14)3-8)4-15-10-5-16(12(18)19)6-11(10)17/h1-3,10-11,15,17H,4-6H2,(H,18,19). The summed E-state index contributed by atoms with van der Waals surface area (Å²) in [7, 11) is 0. The highest BCUT2D eigenvalue weighted by atomic mass is 35.5. The van der Waals surface area contributed by atoms with E-state index < -0.39 is 12.2 Å². The number of aliphatic hydroxyl groups is 1. The number of hydrogen-bond donors (Lipinski definition) is 3. The van der Waals surface area contributed by atoms with Gasteiger partial charge in [0.2, 0.25) is 0 Å². The number of aliphatic hydroxyl groups excluding tert-OH is 1. The maximum Gasteiger partial charge on any atom is 0.407 e. The van der Waals surface area contributed by atoms with Gasteiger partial charge in [-0.2, -0.15) is 0 Å². The van der Waals surface area contributed by atoms with E-state index in [0.717, 1.165) is 5.56 Å². The number of carboxylic acid groups (broad SMARTS) is 1. The van der Waals surface area contributed by atoms with E-state index >= 15 is 0 Å². The summed E-state index contributed by atoms with van der Waals surface area (Å²) in [5.41, 5.74) is 0.854. The Morgan fingerprint density at radius 1 is 1.42 bits per heavy atom. The van der Waals surface area contributed by atoms with Crippen molar-refractivity contribution >= 4 is 29.3 Å². The number of amides is 1. The van der Waals surface area contributed by atoms with E-state index in [4.69, 9.17) is 28.3 Å². The molecule has 1 saturated heterocycles. The van der Waals surface area contributed by atoms with E-state index in [1.54, 1.807) is 18.2 Å². The van der Waals surface area contributed by atoms with Gasteiger partial charge in [-0.3, -0.25) is 0 Å². The molecule has 1 aromatic carbocycles. The Hall–Kier alpha value is -1.01. The second-order valence-electron chi connectivity index (χ2n) is 4.48. The molecule has 1 aliphatic rings. The van der Waals surface area contributed by atoms with Crippen molar-refractivity contribution in [3.8, 4) is 0 Å². The SMILES string of the molecule is O=C(O)N1CC(O)C(NCc2ccc(Cl)cc2Cl)C1. The average molecular weight is 305 g/mol. The number of likely N-dealkylation sites (tertiary alicyclic amines) is 1. The summed E-state index contributed by atoms with van der Waals surface area (Å²) in [4.78, 5) is 12.0. The molecule has 0 radical (unpaired) electrons. The zero-order valence-electron chi connectivity index (χ0n) is 10.0. The molecular weight excluding hydrogens is 291 g/mol. The average Bonchev–Trinajstić information content (AvgIpc) is 2.70. The van der Waals surface area contributed by atoms with Crippen LogP contribution in [0.4, 0.5) is 4.79 Å². The van der Waals surface area contributed by atoms with Crippen molar-refractivity contribution in [1.29, 1.82) is 0 Å². The van der Waals surface area contributed by atoms with Gasteiger partial charge in [-0.05, 0) is 17.7 Å². The van der Waals surface area contributed by atoms with Crippen molar-refractivity contribution < 1.29 is 15.0 Å². The van der Waals surface area contributed by atoms with Gasteiger partial charge in [0.05, 0.1) is 18.7 Å². The van der Waals surface area contributed by atoms with E-state index in [1.165, 1.54) is 4.90 Å². The molecule has 1 aliphatic heterocycles. The second kappa shape index (κ2) is 5.96. The van der Waals surface area contributed by atoms with Crippen molar-refractivity contribution in [2.24, 2.45) is 0 Å². The van der Waals surface area contributed by atoms with E-state index in [9.17, 15) is 9.90 Å². The topological polar surface area (TPSA) is 72.8 Å². The summed E-state index contributed by atoms with van der Waals surface area (Å²) in [5, 5.41) is 22.9. The minimum absolute atomic E-state index is 0.126. The van der Waals surface area contributed by atoms with Gasteiger partial charge in [0.1, 0.15) is 0 Å². The van der Waals surface area contributed by atoms with Crippen LogP contribution in [-0.2, 0) is 6.54 Å². The molecule has 1 aromatic rings. The summed E-state index contributed by atoms with van der Waals surface area (Å²) in [6.07, 6.45) is -1.73. The van der Waals surface area contributed by atoms with Crippen LogP contribution >= 0.6 is 23.2 Å². The third-order valence-corrected chi connectivity index (χ3v) is 3.72. The maximum atomic E-state index is 10.8. The Labute approximate surface area is 120 Å². The van der Waals surface area contributed by atoms with Crippen molar-refractivity contribution in [1.82, 2.24) is 10.2 Å². The lowest BCUT2D eigenvalue weighted by atomic mass is 10.2. The molecule has 0 bridgehead atoms. The van der Waals surface area contributed by atoms with Crippen LogP contribution in [0.1, 0.15) is 5.56 Å². The molecule has 0 saturated carbocycles. The van der Waals surface area contributed by atoms with Crippen LogP contribution in [-0.4, -0.2) is 46.4 Å². The molecule has 19 heavy (non-hydrogen) atoms. The number of nitrogens with one attached hydrogen (secondary N) is 1. The van der Waals surface area contributed by atoms with Crippen LogP contribution in [0.5, 0.6) is 0 Å². The maximum absolute atomic E-state index is 10.8. The lowest BCUT2D eigenvalue weighted by molar-refractivity contribution is 0.136. The molecule has 2 rings (SSSR count). The number of carbonyl (C=O) groups is 1. The van der Waals surface area contributed by atoms with Crippen LogP contribution in [0, 0.1) is 0 Å². The number of rotatable bonds is 3. The first kappa shape index (κ1) is 14.4. The molecule has 0 spiro atoms. The minimum atomic E-state index is -1.02. The zero-order valence-corrected chi connectivity index (χ0v) is 11.5. The molecule has 104 valence electrons. The smallest absolute Gasteiger partial charge is 0.407 e. The zero-order chi connectivity index (χ0) is 14.0. The van der Waals surface area contributed by atoms with Gasteiger partial charge >= 0.3 is 6.09 Å². The highest BCUT2D eigenvalue weighted by molar-refractivity contribution is 6.35. The van der Waals surface area contributed by atoms with Crippen LogP contribution in [0.2, 0.25) is 10.0 Å². The van der Waals surface area contributed by atoms with Crippen LogP contribution < -0.4 is 5.32 Å². The number of benzene rings is 1. The first-order valence-corrected chi connectivity index (χ1v) is 6.56. The Morgan fingerprint density at radius 3 is 2.74 bits per heavy atom. The van der Waals surface area contributed by atoms with Crippen molar-refractivity contribution in [3.63, 3.8) is 0 Å². The molecule has 1 fully saturated rings. The Morgan fingerprint density at radius 2 is 2.16 bits per heavy atom. The molecule has 0 aromatic heterocycles. The van der Waals surface area contributed by atoms with Gasteiger partial charge in [-0.15, -0.1) is 0 Å². The van der Waals surface area contributed by atoms with Gasteiger partial charge in [-0.25, -0.2) is 4.79 Å². The fourth-order valence-corrected chi connectivity index (χ4v) is 2.52. The molecule has 5 nitrogen and oxygen atoms in total. The quantitative estimate of drug-likeness (QED) is 0.796. The normalized spacial score (nSPS) is 22.8. The number of nitrogens with zero attached hydrogens (tertiary/aromatic N) is 1. The van der Waals surface area contributed by atoms with Crippen LogP contribution in [0.25, 0.3) is 0 Å². The van der Waals surface area contributed by atoms with E-state index in [-0.39, 0.29) is 19.1 Å². The van der Waals surface area contributed by atoms with Crippen LogP contribution in [0.15, 0.2) is 18.2 Å². The summed E-state index contributed by atoms with van der Waals surface area (Å²) in [6.45, 7) is 0.842. The Kier molecular flexibility index (Phi) is 4.52. The Balaban J connectivity index is 1.94. The van der Waals surface area contributed by atoms with Crippen LogP contribution in [0.3, 0.4) is 0 Å². The molecule has 0 aliphatic carbocycles. The van der Waals surface area contributed by atoms with Crippen molar-refractivity contribution in [3.05, 3.63) is 33.8 Å². The van der Waals surface area contributed by atoms with E-state index in [0.29, 0.717) is 16.6 Å². The summed E-state index contributed by atoms with van der Waals surface area (Å²) >= 11 is 11.8. The highest BCUT2D eigenvalue weighted by Crippen LogP contribution is 2.21. The third-order valence-electron chi connectivity index (χ3n) is 3.13. The number of β-amino-alcohol motifs (C(OH)–C–C–N with tert-alkyl or cyclic N) is 1. The summed E-state index contributed by atoms with van der Waals surface area (Å²) < 4.78 is 0. The van der Waals surface area contributed by atoms with E-state index in [1.807, 2.05) is 0 Å². The summed E-state index contributed by atoms with van der Waals surface area (Å²) in [5.74, 6) is 0. The second-order valence-corrected chi connectivity index (χ2v) is 5.32. The largest absolute Gasteiger partial charge is 0.465 e. The molecule has 1 amide bonds. The van der Waals surface area contributed by atoms with Gasteiger partial charge in [0.25, 0.3) is 0 Å². The first-order valence-electron chi connectivity index (χ1n) is 5.80. The highest BCUT2D eigenvalue weighted by Gasteiger charge is 2.33. The molecule has 3 N–H and O–H groups in total. The van der Waals surface area contributed by atoms with Gasteiger partial charge < -0.3 is 20.4 Å². The molecular formula is C12H14Cl2N2O3. The number of halogens is 2. The number of hydrogen-bond acceptors (Lipinski definition) is 3. The lowest BCUT2D eigenvalue weighted by Gasteiger charge is -2.16. The van der Waals surface area contributed by atoms with E-state index in [2.05, 4.69) is 5.32 Å². The van der Waals surface area contributed by atoms with Crippen molar-refractivity contribution in [2.75, 3.05) is 13.1 Å². The molecule has 1 heterocycles. The van der Waals surface area contributed by atoms with Gasteiger partial charge in [-0.1, -0.05) is 29.3 Å². The van der Waals surface area contributed by atoms with Crippen molar-refractivity contribution in [2.45, 2.75) is 18.7 Å². The monoisotopic (exact) mass is 304 g/mol. The molecule has 7 heteroatoms. The van der Waals surface area contributed by atoms with Gasteiger partial charge in [0, 0.05) is 23.1 Å². The lowest BCUT2D eigenvalue weighted by Crippen LogP contribution is -2.38. The predicted molar refractivity (Wildman–Crippen MR) is 72.7 cm³/mol. The summed E-state index contributed by atoms with van der Waals surface area (Å²) in [6, 6.07) is 4.89. The molecule has 2 unspecified atom stereocenters. The fraction of sp³-hybridized carbons (Fsp3) is 0.417. The fourth-order valence-electron chi connectivity index (χ4n) is 2.05. The minimum Gasteiger partial charge on any atom is -0.465 e. The van der Waals surface area contributed by atoms with Gasteiger partial charge in [0.15, 0.2) is 0 Å². The predicted octanol–water partition coefficient (Wildman–Crippen LogP) is 1.81. The Bertz CT molecular complexity index is 484. The molecule has 2 atom stereocenters. The third kappa shape index (κ3) is 3.51.